The molecule has 0 saturated heterocycles. The molecular formula is C2HO6-3. The van der Waals surface area contributed by atoms with Crippen molar-refractivity contribution in [2.75, 3.05) is 0 Å². The van der Waals surface area contributed by atoms with Gasteiger partial charge in [0.25, 0.3) is 0 Å². The van der Waals surface area contributed by atoms with Crippen LogP contribution in [0.3, 0.4) is 0 Å². The molecule has 0 aliphatic carbocycles. The van der Waals surface area contributed by atoms with Crippen LogP contribution in [0.5, 0.6) is 0 Å². The maximum Gasteiger partial charge on any atom is 0.249 e. The van der Waals surface area contributed by atoms with Gasteiger partial charge in [-0.15, -0.1) is 0 Å². The van der Waals surface area contributed by atoms with Crippen molar-refractivity contribution in [3.05, 3.63) is 0 Å². The van der Waals surface area contributed by atoms with E-state index in [1.165, 1.54) is 0 Å². The summed E-state index contributed by atoms with van der Waals surface area (Å²) in [5.74, 6) is 0. The summed E-state index contributed by atoms with van der Waals surface area (Å²) in [4.78, 5) is 16.8. The standard InChI is InChI=1S/2CH2O3/c2*2-1(3)4/h2*(H2,2,3,4)/p-3. The molecule has 0 aliphatic rings. The average Bonchev–Trinajstić information content (AvgIpc) is 1.25. The highest BCUT2D eigenvalue weighted by atomic mass is 16.6. The van der Waals surface area contributed by atoms with Gasteiger partial charge in [0.1, 0.15) is 0 Å². The van der Waals surface area contributed by atoms with Gasteiger partial charge in [0, 0.05) is 0 Å². The highest BCUT2D eigenvalue weighted by molar-refractivity contribution is 5.50. The van der Waals surface area contributed by atoms with Crippen LogP contribution in [0.15, 0.2) is 0 Å². The maximum atomic E-state index is 8.44. The van der Waals surface area contributed by atoms with Crippen molar-refractivity contribution < 1.29 is 30.0 Å². The third kappa shape index (κ3) is 26.7. The Labute approximate surface area is 43.6 Å². The number of carbonyl (C=O) groups is 2. The fraction of sp³-hybridized carbons (Fsp3) is 0. The fourth-order valence-electron chi connectivity index (χ4n) is 0. The molecule has 0 rings (SSSR count). The van der Waals surface area contributed by atoms with E-state index in [4.69, 9.17) is 30.0 Å². The van der Waals surface area contributed by atoms with E-state index in [2.05, 4.69) is 0 Å². The van der Waals surface area contributed by atoms with Crippen molar-refractivity contribution in [2.45, 2.75) is 0 Å². The van der Waals surface area contributed by atoms with Crippen molar-refractivity contribution in [1.82, 2.24) is 0 Å². The molecule has 6 nitrogen and oxygen atoms in total. The van der Waals surface area contributed by atoms with Gasteiger partial charge in [-0.1, -0.05) is 0 Å². The first-order valence-corrected chi connectivity index (χ1v) is 1.24. The molecule has 0 aromatic rings. The molecule has 0 saturated carbocycles. The van der Waals surface area contributed by atoms with E-state index >= 15 is 0 Å². The molecule has 1 N–H and O–H groups in total. The lowest BCUT2D eigenvalue weighted by molar-refractivity contribution is -0.415. The van der Waals surface area contributed by atoms with E-state index in [0.29, 0.717) is 0 Å². The fourth-order valence-corrected chi connectivity index (χ4v) is 0. The molecule has 0 heterocycles. The Morgan fingerprint density at radius 2 is 1.12 bits per heavy atom. The normalized spacial score (nSPS) is 6.00. The molecule has 0 spiro atoms. The molecule has 0 radical (unpaired) electrons. The molecule has 0 aromatic heterocycles. The second-order valence-corrected chi connectivity index (χ2v) is 0.516. The predicted molar refractivity (Wildman–Crippen MR) is 13.4 cm³/mol. The van der Waals surface area contributed by atoms with Crippen molar-refractivity contribution >= 4 is 12.3 Å². The summed E-state index contributed by atoms with van der Waals surface area (Å²) in [6.45, 7) is 0. The van der Waals surface area contributed by atoms with E-state index in [9.17, 15) is 0 Å². The first-order valence-electron chi connectivity index (χ1n) is 1.24. The minimum atomic E-state index is -2.33. The van der Waals surface area contributed by atoms with Gasteiger partial charge in [-0.05, 0) is 6.16 Å². The minimum Gasteiger partial charge on any atom is -0.652 e. The van der Waals surface area contributed by atoms with Crippen LogP contribution < -0.4 is 15.3 Å². The third-order valence-corrected chi connectivity index (χ3v) is 0. The van der Waals surface area contributed by atoms with Gasteiger partial charge in [-0.3, -0.25) is 0 Å². The lowest BCUT2D eigenvalue weighted by Gasteiger charge is -1.96. The molecular weight excluding hydrogens is 120 g/mol. The molecule has 0 bridgehead atoms. The van der Waals surface area contributed by atoms with Crippen LogP contribution >= 0.6 is 0 Å². The summed E-state index contributed by atoms with van der Waals surface area (Å²) in [7, 11) is 0. The highest BCUT2D eigenvalue weighted by Crippen LogP contribution is 1.32. The largest absolute Gasteiger partial charge is 0.652 e. The van der Waals surface area contributed by atoms with Gasteiger partial charge in [-0.2, -0.15) is 0 Å². The Balaban J connectivity index is 0. The van der Waals surface area contributed by atoms with E-state index in [1.54, 1.807) is 0 Å². The number of carboxylic acid groups (broad SMARTS) is 4. The maximum absolute atomic E-state index is 8.44. The van der Waals surface area contributed by atoms with Gasteiger partial charge in [0.05, 0.1) is 0 Å². The van der Waals surface area contributed by atoms with E-state index < -0.39 is 12.3 Å². The van der Waals surface area contributed by atoms with Crippen LogP contribution in [0, 0.1) is 0 Å². The van der Waals surface area contributed by atoms with Gasteiger partial charge in [0.2, 0.25) is 6.16 Å². The Morgan fingerprint density at radius 3 is 1.12 bits per heavy atom. The molecule has 8 heavy (non-hydrogen) atoms. The molecule has 0 fully saturated rings. The van der Waals surface area contributed by atoms with Crippen molar-refractivity contribution in [2.24, 2.45) is 0 Å². The smallest absolute Gasteiger partial charge is 0.249 e. The Hall–Kier alpha value is -1.46. The van der Waals surface area contributed by atoms with Crippen LogP contribution in [0.2, 0.25) is 0 Å². The third-order valence-electron chi connectivity index (χ3n) is 0. The molecule has 0 unspecified atom stereocenters. The molecule has 0 aromatic carbocycles. The Kier molecular flexibility index (Phi) is 6.74. The van der Waals surface area contributed by atoms with Gasteiger partial charge in [-0.25, -0.2) is 0 Å². The molecule has 0 aliphatic heterocycles. The van der Waals surface area contributed by atoms with E-state index in [0.717, 1.165) is 0 Å². The van der Waals surface area contributed by atoms with Gasteiger partial charge < -0.3 is 30.0 Å². The molecule has 6 heteroatoms. The zero-order valence-corrected chi connectivity index (χ0v) is 3.49. The monoisotopic (exact) mass is 121 g/mol. The first kappa shape index (κ1) is 9.74. The quantitative estimate of drug-likeness (QED) is 0.353. The molecule has 0 atom stereocenters. The van der Waals surface area contributed by atoms with Crippen LogP contribution in [0.4, 0.5) is 9.59 Å². The molecule has 48 valence electrons. The van der Waals surface area contributed by atoms with Crippen LogP contribution in [-0.4, -0.2) is 17.4 Å². The van der Waals surface area contributed by atoms with Gasteiger partial charge >= 0.3 is 0 Å². The number of rotatable bonds is 0. The van der Waals surface area contributed by atoms with Crippen molar-refractivity contribution in [3.8, 4) is 0 Å². The van der Waals surface area contributed by atoms with E-state index in [1.807, 2.05) is 0 Å². The van der Waals surface area contributed by atoms with Crippen LogP contribution in [0.1, 0.15) is 0 Å². The second-order valence-electron chi connectivity index (χ2n) is 0.516. The van der Waals surface area contributed by atoms with Gasteiger partial charge in [0.15, 0.2) is 0 Å². The zero-order valence-electron chi connectivity index (χ0n) is 3.49. The predicted octanol–water partition coefficient (Wildman–Crippen LogP) is -3.56. The van der Waals surface area contributed by atoms with Crippen LogP contribution in [-0.2, 0) is 0 Å². The van der Waals surface area contributed by atoms with Crippen molar-refractivity contribution in [1.29, 1.82) is 0 Å². The highest BCUT2D eigenvalue weighted by Gasteiger charge is 1.51. The summed E-state index contributed by atoms with van der Waals surface area (Å²) in [6.07, 6.45) is -4.42. The average molecular weight is 121 g/mol. The summed E-state index contributed by atoms with van der Waals surface area (Å²) in [6, 6.07) is 0. The Morgan fingerprint density at radius 1 is 1.12 bits per heavy atom. The summed E-state index contributed by atoms with van der Waals surface area (Å²) < 4.78 is 0. The summed E-state index contributed by atoms with van der Waals surface area (Å²) >= 11 is 0. The molecule has 0 amide bonds. The minimum absolute atomic E-state index is 2.08. The zero-order chi connectivity index (χ0) is 7.15. The second kappa shape index (κ2) is 5.54. The lowest BCUT2D eigenvalue weighted by atomic mass is 11.5. The Bertz CT molecular complexity index is 64.5. The number of carbonyl (C=O) groups excluding carboxylic acids is 1. The van der Waals surface area contributed by atoms with Crippen molar-refractivity contribution in [3.63, 3.8) is 0 Å². The van der Waals surface area contributed by atoms with E-state index in [-0.39, 0.29) is 0 Å². The van der Waals surface area contributed by atoms with Crippen LogP contribution in [0.25, 0.3) is 0 Å². The topological polar surface area (TPSA) is 124 Å². The number of hydrogen-bond donors (Lipinski definition) is 1. The summed E-state index contributed by atoms with van der Waals surface area (Å²) in [5.41, 5.74) is 0. The SMILES string of the molecule is O=C([O-])O.O=C([O-])[O-]. The lowest BCUT2D eigenvalue weighted by Crippen LogP contribution is -2.37. The number of hydrogen-bond acceptors (Lipinski definition) is 5. The first-order chi connectivity index (χ1) is 3.46. The summed E-state index contributed by atoms with van der Waals surface area (Å²) in [5, 5.41) is 32.0.